The number of nitrogens with one attached hydrogen (secondary N) is 1. The van der Waals surface area contributed by atoms with Crippen molar-refractivity contribution >= 4 is 40.4 Å². The van der Waals surface area contributed by atoms with E-state index in [4.69, 9.17) is 37.3 Å². The molecule has 9 heteroatoms. The first kappa shape index (κ1) is 26.6. The van der Waals surface area contributed by atoms with E-state index in [9.17, 15) is 4.79 Å². The predicted octanol–water partition coefficient (Wildman–Crippen LogP) is 8.07. The Hall–Kier alpha value is -3.00. The molecule has 1 aromatic carbocycles. The molecule has 0 atom stereocenters. The van der Waals surface area contributed by atoms with Crippen molar-refractivity contribution in [3.05, 3.63) is 91.8 Å². The third-order valence-electron chi connectivity index (χ3n) is 6.63. The maximum absolute atomic E-state index is 13.2. The average Bonchev–Trinajstić information content (AvgIpc) is 3.65. The van der Waals surface area contributed by atoms with Gasteiger partial charge in [0.05, 0.1) is 29.8 Å². The predicted molar refractivity (Wildman–Crippen MR) is 152 cm³/mol. The zero-order chi connectivity index (χ0) is 26.5. The third kappa shape index (κ3) is 6.52. The minimum absolute atomic E-state index is 0.0741. The van der Waals surface area contributed by atoms with Crippen LogP contribution in [0.2, 0.25) is 10.0 Å². The number of thiazole rings is 1. The number of nitrogens with zero attached hydrogens (tertiary/aromatic N) is 2. The van der Waals surface area contributed by atoms with Gasteiger partial charge in [0, 0.05) is 27.7 Å². The maximum atomic E-state index is 13.2. The zero-order valence-corrected chi connectivity index (χ0v) is 23.5. The van der Waals surface area contributed by atoms with E-state index >= 15 is 0 Å². The molecule has 0 aliphatic heterocycles. The molecule has 0 fully saturated rings. The van der Waals surface area contributed by atoms with Crippen LogP contribution in [0, 0.1) is 6.92 Å². The molecule has 1 amide bonds. The molecule has 0 bridgehead atoms. The summed E-state index contributed by atoms with van der Waals surface area (Å²) >= 11 is 13.7. The molecule has 0 radical (unpaired) electrons. The Morgan fingerprint density at radius 2 is 2.05 bits per heavy atom. The van der Waals surface area contributed by atoms with Crippen LogP contribution in [0.4, 0.5) is 0 Å². The summed E-state index contributed by atoms with van der Waals surface area (Å²) in [7, 11) is 0. The van der Waals surface area contributed by atoms with Gasteiger partial charge in [-0.3, -0.25) is 4.79 Å². The van der Waals surface area contributed by atoms with E-state index in [2.05, 4.69) is 16.0 Å². The highest BCUT2D eigenvalue weighted by atomic mass is 35.5. The van der Waals surface area contributed by atoms with Crippen LogP contribution < -0.4 is 10.1 Å². The van der Waals surface area contributed by atoms with E-state index in [1.165, 1.54) is 29.8 Å². The summed E-state index contributed by atoms with van der Waals surface area (Å²) in [6, 6.07) is 10.8. The Bertz CT molecular complexity index is 1420. The quantitative estimate of drug-likeness (QED) is 0.196. The number of furan rings is 1. The van der Waals surface area contributed by atoms with Gasteiger partial charge in [0.15, 0.2) is 0 Å². The van der Waals surface area contributed by atoms with E-state index in [-0.39, 0.29) is 12.5 Å². The summed E-state index contributed by atoms with van der Waals surface area (Å²) in [5.74, 6) is 1.31. The molecule has 3 aromatic heterocycles. The first-order valence-electron chi connectivity index (χ1n) is 12.7. The van der Waals surface area contributed by atoms with E-state index in [0.717, 1.165) is 47.1 Å². The second kappa shape index (κ2) is 12.2. The molecule has 38 heavy (non-hydrogen) atoms. The Labute approximate surface area is 236 Å². The Kier molecular flexibility index (Phi) is 8.57. The maximum Gasteiger partial charge on any atom is 0.253 e. The second-order valence-corrected chi connectivity index (χ2v) is 11.1. The molecule has 5 rings (SSSR count). The number of hydrogen-bond acceptors (Lipinski definition) is 5. The van der Waals surface area contributed by atoms with Crippen molar-refractivity contribution in [2.24, 2.45) is 0 Å². The molecule has 3 heterocycles. The molecule has 0 spiro atoms. The lowest BCUT2D eigenvalue weighted by Gasteiger charge is -2.13. The first-order chi connectivity index (χ1) is 18.5. The zero-order valence-electron chi connectivity index (χ0n) is 21.1. The molecule has 0 unspecified atom stereocenters. The van der Waals surface area contributed by atoms with Gasteiger partial charge in [-0.25, -0.2) is 4.98 Å². The van der Waals surface area contributed by atoms with Gasteiger partial charge < -0.3 is 19.0 Å². The number of ether oxygens (including phenoxy) is 1. The van der Waals surface area contributed by atoms with Crippen LogP contribution in [0.5, 0.6) is 5.75 Å². The van der Waals surface area contributed by atoms with Crippen molar-refractivity contribution in [3.8, 4) is 17.1 Å². The van der Waals surface area contributed by atoms with Crippen LogP contribution >= 0.6 is 34.5 Å². The number of hydrogen-bond donors (Lipinski definition) is 1. The third-order valence-corrected chi connectivity index (χ3v) is 7.89. The molecular formula is C29H29Cl2N3O3S. The molecule has 1 aliphatic rings. The smallest absolute Gasteiger partial charge is 0.253 e. The summed E-state index contributed by atoms with van der Waals surface area (Å²) in [6.07, 6.45) is 9.67. The highest BCUT2D eigenvalue weighted by Gasteiger charge is 2.21. The summed E-state index contributed by atoms with van der Waals surface area (Å²) in [5, 5.41) is 6.92. The lowest BCUT2D eigenvalue weighted by Crippen LogP contribution is -2.25. The van der Waals surface area contributed by atoms with Gasteiger partial charge in [-0.05, 0) is 75.4 Å². The van der Waals surface area contributed by atoms with Crippen molar-refractivity contribution in [2.75, 3.05) is 6.54 Å². The van der Waals surface area contributed by atoms with Crippen LogP contribution in [0.3, 0.4) is 0 Å². The summed E-state index contributed by atoms with van der Waals surface area (Å²) in [4.78, 5) is 18.0. The molecular weight excluding hydrogens is 541 g/mol. The van der Waals surface area contributed by atoms with Gasteiger partial charge in [-0.15, -0.1) is 11.3 Å². The molecule has 0 saturated heterocycles. The van der Waals surface area contributed by atoms with Gasteiger partial charge in [0.25, 0.3) is 5.91 Å². The Balaban J connectivity index is 1.34. The normalized spacial score (nSPS) is 13.4. The number of carbonyl (C=O) groups excluding carboxylic acids is 1. The van der Waals surface area contributed by atoms with Gasteiger partial charge in [-0.1, -0.05) is 34.9 Å². The van der Waals surface area contributed by atoms with E-state index < -0.39 is 0 Å². The molecule has 198 valence electrons. The number of benzene rings is 1. The monoisotopic (exact) mass is 569 g/mol. The number of allylic oxidation sites excluding steroid dienone is 1. The minimum Gasteiger partial charge on any atom is -0.486 e. The number of aromatic nitrogens is 2. The van der Waals surface area contributed by atoms with Crippen molar-refractivity contribution in [1.82, 2.24) is 14.9 Å². The standard InChI is InChI=1S/C29H29Cl2N3O3S/c1-19-25(29(35)32-10-9-20-6-3-2-4-7-20)15-27(34(19)16-23-8-5-11-36-23)26-18-38-28(33-26)17-37-24-13-21(30)12-22(31)14-24/h5-6,8,11-15,18H,2-4,7,9-10,16-17H2,1H3,(H,32,35). The number of amides is 1. The minimum atomic E-state index is -0.0741. The number of halogens is 2. The van der Waals surface area contributed by atoms with Crippen LogP contribution in [-0.2, 0) is 13.2 Å². The Morgan fingerprint density at radius 3 is 2.79 bits per heavy atom. The van der Waals surface area contributed by atoms with Gasteiger partial charge in [0.2, 0.25) is 0 Å². The average molecular weight is 571 g/mol. The van der Waals surface area contributed by atoms with Crippen molar-refractivity contribution in [1.29, 1.82) is 0 Å². The summed E-state index contributed by atoms with van der Waals surface area (Å²) < 4.78 is 13.6. The fourth-order valence-electron chi connectivity index (χ4n) is 4.66. The SMILES string of the molecule is Cc1c(C(=O)NCCC2=CCCCC2)cc(-c2csc(COc3cc(Cl)cc(Cl)c3)n2)n1Cc1ccco1. The van der Waals surface area contributed by atoms with Gasteiger partial charge in [-0.2, -0.15) is 0 Å². The van der Waals surface area contributed by atoms with E-state index in [1.54, 1.807) is 24.5 Å². The van der Waals surface area contributed by atoms with Crippen LogP contribution in [0.25, 0.3) is 11.4 Å². The van der Waals surface area contributed by atoms with Gasteiger partial charge in [0.1, 0.15) is 23.1 Å². The molecule has 1 aliphatic carbocycles. The van der Waals surface area contributed by atoms with Crippen molar-refractivity contribution < 1.29 is 13.9 Å². The number of carbonyl (C=O) groups is 1. The fourth-order valence-corrected chi connectivity index (χ4v) is 5.87. The Morgan fingerprint density at radius 1 is 1.21 bits per heavy atom. The largest absolute Gasteiger partial charge is 0.486 e. The summed E-state index contributed by atoms with van der Waals surface area (Å²) in [5.41, 5.74) is 4.58. The fraction of sp³-hybridized carbons (Fsp3) is 0.310. The van der Waals surface area contributed by atoms with Crippen LogP contribution in [-0.4, -0.2) is 22.0 Å². The molecule has 1 N–H and O–H groups in total. The van der Waals surface area contributed by atoms with Crippen molar-refractivity contribution in [2.45, 2.75) is 52.2 Å². The van der Waals surface area contributed by atoms with Crippen LogP contribution in [0.1, 0.15) is 58.9 Å². The van der Waals surface area contributed by atoms with Crippen LogP contribution in [0.15, 0.2) is 64.1 Å². The first-order valence-corrected chi connectivity index (χ1v) is 14.3. The lowest BCUT2D eigenvalue weighted by atomic mass is 9.97. The van der Waals surface area contributed by atoms with Crippen molar-refractivity contribution in [3.63, 3.8) is 0 Å². The van der Waals surface area contributed by atoms with E-state index in [0.29, 0.717) is 34.4 Å². The summed E-state index contributed by atoms with van der Waals surface area (Å²) in [6.45, 7) is 3.37. The lowest BCUT2D eigenvalue weighted by molar-refractivity contribution is 0.0953. The topological polar surface area (TPSA) is 69.3 Å². The highest BCUT2D eigenvalue weighted by molar-refractivity contribution is 7.09. The highest BCUT2D eigenvalue weighted by Crippen LogP contribution is 2.30. The molecule has 0 saturated carbocycles. The molecule has 6 nitrogen and oxygen atoms in total. The van der Waals surface area contributed by atoms with E-state index in [1.807, 2.05) is 30.5 Å². The molecule has 4 aromatic rings. The second-order valence-electron chi connectivity index (χ2n) is 9.33. The number of rotatable bonds is 10. The van der Waals surface area contributed by atoms with Gasteiger partial charge >= 0.3 is 0 Å².